The molecular formula is C17H16N2O. The molecule has 0 atom stereocenters. The van der Waals surface area contributed by atoms with Gasteiger partial charge in [-0.25, -0.2) is 0 Å². The van der Waals surface area contributed by atoms with E-state index >= 15 is 0 Å². The molecule has 100 valence electrons. The van der Waals surface area contributed by atoms with Crippen LogP contribution in [-0.4, -0.2) is 14.9 Å². The molecule has 0 fully saturated rings. The summed E-state index contributed by atoms with van der Waals surface area (Å²) in [5.74, 6) is 0.225. The molecule has 20 heavy (non-hydrogen) atoms. The summed E-state index contributed by atoms with van der Waals surface area (Å²) in [5, 5.41) is 14.9. The highest BCUT2D eigenvalue weighted by Gasteiger charge is 2.17. The average Bonchev–Trinajstić information content (AvgIpc) is 2.76. The molecule has 3 aromatic rings. The van der Waals surface area contributed by atoms with Gasteiger partial charge in [-0.15, -0.1) is 0 Å². The number of benzene rings is 2. The summed E-state index contributed by atoms with van der Waals surface area (Å²) in [7, 11) is 1.85. The first kappa shape index (κ1) is 12.5. The number of aryl methyl sites for hydroxylation is 2. The minimum atomic E-state index is 0.225. The van der Waals surface area contributed by atoms with E-state index in [2.05, 4.69) is 5.10 Å². The molecule has 0 aliphatic heterocycles. The predicted octanol–water partition coefficient (Wildman–Crippen LogP) is 3.77. The van der Waals surface area contributed by atoms with E-state index in [0.717, 1.165) is 16.8 Å². The van der Waals surface area contributed by atoms with Gasteiger partial charge in [-0.3, -0.25) is 4.68 Å². The standard InChI is InChI=1S/C17H16N2O/c1-12-8-10-14(11-9-12)16-17(20)15(18-19(16)2)13-6-4-3-5-7-13/h3-11,20H,1-2H3. The van der Waals surface area contributed by atoms with Crippen LogP contribution < -0.4 is 0 Å². The van der Waals surface area contributed by atoms with Crippen molar-refractivity contribution in [2.45, 2.75) is 6.92 Å². The maximum absolute atomic E-state index is 10.5. The third kappa shape index (κ3) is 2.07. The summed E-state index contributed by atoms with van der Waals surface area (Å²) >= 11 is 0. The Morgan fingerprint density at radius 1 is 0.900 bits per heavy atom. The van der Waals surface area contributed by atoms with E-state index in [9.17, 15) is 5.11 Å². The molecule has 0 spiro atoms. The monoisotopic (exact) mass is 264 g/mol. The number of aromatic nitrogens is 2. The molecule has 2 aromatic carbocycles. The lowest BCUT2D eigenvalue weighted by atomic mass is 10.1. The Labute approximate surface area is 118 Å². The summed E-state index contributed by atoms with van der Waals surface area (Å²) in [6, 6.07) is 17.8. The Bertz CT molecular complexity index is 728. The average molecular weight is 264 g/mol. The predicted molar refractivity (Wildman–Crippen MR) is 80.5 cm³/mol. The van der Waals surface area contributed by atoms with Gasteiger partial charge in [0.2, 0.25) is 0 Å². The number of aromatic hydroxyl groups is 1. The summed E-state index contributed by atoms with van der Waals surface area (Å²) in [5.41, 5.74) is 4.43. The lowest BCUT2D eigenvalue weighted by Crippen LogP contribution is -1.93. The first-order valence-electron chi connectivity index (χ1n) is 6.55. The van der Waals surface area contributed by atoms with Crippen LogP contribution in [0.5, 0.6) is 5.75 Å². The van der Waals surface area contributed by atoms with Crippen LogP contribution in [0.2, 0.25) is 0 Å². The van der Waals surface area contributed by atoms with Crippen molar-refractivity contribution in [2.75, 3.05) is 0 Å². The normalized spacial score (nSPS) is 10.7. The fourth-order valence-corrected chi connectivity index (χ4v) is 2.34. The van der Waals surface area contributed by atoms with Crippen LogP contribution in [0.3, 0.4) is 0 Å². The molecule has 0 aliphatic rings. The van der Waals surface area contributed by atoms with E-state index in [1.807, 2.05) is 68.6 Å². The molecule has 1 N–H and O–H groups in total. The van der Waals surface area contributed by atoms with Gasteiger partial charge in [0.1, 0.15) is 11.4 Å². The highest BCUT2D eigenvalue weighted by molar-refractivity contribution is 5.77. The van der Waals surface area contributed by atoms with Gasteiger partial charge in [0, 0.05) is 18.2 Å². The van der Waals surface area contributed by atoms with E-state index in [0.29, 0.717) is 5.69 Å². The molecule has 0 radical (unpaired) electrons. The Balaban J connectivity index is 2.14. The Hall–Kier alpha value is -2.55. The van der Waals surface area contributed by atoms with Crippen molar-refractivity contribution in [3.63, 3.8) is 0 Å². The zero-order valence-electron chi connectivity index (χ0n) is 11.5. The number of nitrogens with zero attached hydrogens (tertiary/aromatic N) is 2. The molecule has 3 heteroatoms. The van der Waals surface area contributed by atoms with E-state index in [1.54, 1.807) is 4.68 Å². The molecule has 0 saturated heterocycles. The molecule has 0 unspecified atom stereocenters. The lowest BCUT2D eigenvalue weighted by Gasteiger charge is -2.03. The molecule has 0 bridgehead atoms. The summed E-state index contributed by atoms with van der Waals surface area (Å²) in [6.07, 6.45) is 0. The fourth-order valence-electron chi connectivity index (χ4n) is 2.34. The van der Waals surface area contributed by atoms with Crippen LogP contribution in [-0.2, 0) is 7.05 Å². The second-order valence-corrected chi connectivity index (χ2v) is 4.90. The molecule has 0 saturated carbocycles. The topological polar surface area (TPSA) is 38.1 Å². The molecular weight excluding hydrogens is 248 g/mol. The van der Waals surface area contributed by atoms with Gasteiger partial charge in [-0.2, -0.15) is 5.10 Å². The highest BCUT2D eigenvalue weighted by atomic mass is 16.3. The van der Waals surface area contributed by atoms with Crippen molar-refractivity contribution in [1.82, 2.24) is 9.78 Å². The summed E-state index contributed by atoms with van der Waals surface area (Å²) in [6.45, 7) is 2.04. The zero-order chi connectivity index (χ0) is 14.1. The number of hydrogen-bond donors (Lipinski definition) is 1. The first-order chi connectivity index (χ1) is 9.66. The minimum Gasteiger partial charge on any atom is -0.504 e. The lowest BCUT2D eigenvalue weighted by molar-refractivity contribution is 0.478. The SMILES string of the molecule is Cc1ccc(-c2c(O)c(-c3ccccc3)nn2C)cc1. The maximum atomic E-state index is 10.5. The number of hydrogen-bond acceptors (Lipinski definition) is 2. The van der Waals surface area contributed by atoms with Crippen LogP contribution in [0.25, 0.3) is 22.5 Å². The maximum Gasteiger partial charge on any atom is 0.169 e. The zero-order valence-corrected chi connectivity index (χ0v) is 11.5. The highest BCUT2D eigenvalue weighted by Crippen LogP contribution is 2.37. The number of rotatable bonds is 2. The molecule has 3 rings (SSSR count). The Kier molecular flexibility index (Phi) is 3.03. The van der Waals surface area contributed by atoms with Gasteiger partial charge in [0.05, 0.1) is 0 Å². The largest absolute Gasteiger partial charge is 0.504 e. The van der Waals surface area contributed by atoms with Gasteiger partial charge >= 0.3 is 0 Å². The van der Waals surface area contributed by atoms with Crippen LogP contribution in [0.4, 0.5) is 0 Å². The van der Waals surface area contributed by atoms with E-state index in [1.165, 1.54) is 5.56 Å². The summed E-state index contributed by atoms with van der Waals surface area (Å²) < 4.78 is 1.72. The second kappa shape index (κ2) is 4.85. The van der Waals surface area contributed by atoms with Crippen LogP contribution in [0.15, 0.2) is 54.6 Å². The van der Waals surface area contributed by atoms with Crippen LogP contribution in [0, 0.1) is 6.92 Å². The molecule has 3 nitrogen and oxygen atoms in total. The van der Waals surface area contributed by atoms with Crippen molar-refractivity contribution in [2.24, 2.45) is 7.05 Å². The molecule has 0 amide bonds. The fraction of sp³-hybridized carbons (Fsp3) is 0.118. The van der Waals surface area contributed by atoms with Gasteiger partial charge < -0.3 is 5.11 Å². The smallest absolute Gasteiger partial charge is 0.169 e. The van der Waals surface area contributed by atoms with Gasteiger partial charge in [0.25, 0.3) is 0 Å². The molecule has 0 aliphatic carbocycles. The van der Waals surface area contributed by atoms with Crippen LogP contribution in [0.1, 0.15) is 5.56 Å². The Morgan fingerprint density at radius 3 is 2.20 bits per heavy atom. The van der Waals surface area contributed by atoms with Crippen molar-refractivity contribution in [1.29, 1.82) is 0 Å². The van der Waals surface area contributed by atoms with Crippen molar-refractivity contribution in [3.8, 4) is 28.3 Å². The molecule has 1 aromatic heterocycles. The van der Waals surface area contributed by atoms with Gasteiger partial charge in [0.15, 0.2) is 5.75 Å². The van der Waals surface area contributed by atoms with Crippen molar-refractivity contribution >= 4 is 0 Å². The quantitative estimate of drug-likeness (QED) is 0.765. The van der Waals surface area contributed by atoms with E-state index in [4.69, 9.17) is 0 Å². The Morgan fingerprint density at radius 2 is 1.55 bits per heavy atom. The summed E-state index contributed by atoms with van der Waals surface area (Å²) in [4.78, 5) is 0. The molecule has 1 heterocycles. The van der Waals surface area contributed by atoms with Crippen molar-refractivity contribution < 1.29 is 5.11 Å². The van der Waals surface area contributed by atoms with E-state index < -0.39 is 0 Å². The second-order valence-electron chi connectivity index (χ2n) is 4.90. The minimum absolute atomic E-state index is 0.225. The van der Waals surface area contributed by atoms with Crippen molar-refractivity contribution in [3.05, 3.63) is 60.2 Å². The van der Waals surface area contributed by atoms with Crippen LogP contribution >= 0.6 is 0 Å². The van der Waals surface area contributed by atoms with Gasteiger partial charge in [-0.1, -0.05) is 60.2 Å². The van der Waals surface area contributed by atoms with E-state index in [-0.39, 0.29) is 5.75 Å². The van der Waals surface area contributed by atoms with Gasteiger partial charge in [-0.05, 0) is 6.92 Å². The third-order valence-electron chi connectivity index (χ3n) is 3.39. The third-order valence-corrected chi connectivity index (χ3v) is 3.39. The first-order valence-corrected chi connectivity index (χ1v) is 6.55.